The number of hydrogen-bond donors (Lipinski definition) is 1. The smallest absolute Gasteiger partial charge is 0.335 e. The summed E-state index contributed by atoms with van der Waals surface area (Å²) in [6, 6.07) is 17.4. The molecule has 3 aromatic carbocycles. The highest BCUT2D eigenvalue weighted by molar-refractivity contribution is 6.01. The molecule has 17 heavy (non-hydrogen) atoms. The monoisotopic (exact) mass is 222 g/mol. The van der Waals surface area contributed by atoms with Gasteiger partial charge in [0, 0.05) is 0 Å². The molecule has 3 rings (SSSR count). The first-order valence-electron chi connectivity index (χ1n) is 5.40. The summed E-state index contributed by atoms with van der Waals surface area (Å²) in [6.45, 7) is 0. The number of carbonyl (C=O) groups is 1. The lowest BCUT2D eigenvalue weighted by atomic mass is 10.0. The molecular formula is C15H10O2. The van der Waals surface area contributed by atoms with Crippen molar-refractivity contribution in [1.29, 1.82) is 0 Å². The van der Waals surface area contributed by atoms with E-state index in [2.05, 4.69) is 12.1 Å². The Kier molecular flexibility index (Phi) is 2.08. The van der Waals surface area contributed by atoms with Crippen LogP contribution in [0, 0.1) is 0 Å². The van der Waals surface area contributed by atoms with Crippen LogP contribution in [-0.2, 0) is 0 Å². The number of hydrogen-bond acceptors (Lipinski definition) is 1. The van der Waals surface area contributed by atoms with E-state index in [0.29, 0.717) is 5.56 Å². The van der Waals surface area contributed by atoms with Gasteiger partial charge in [0.25, 0.3) is 0 Å². The molecule has 2 nitrogen and oxygen atoms in total. The van der Waals surface area contributed by atoms with Crippen molar-refractivity contribution in [3.63, 3.8) is 0 Å². The summed E-state index contributed by atoms with van der Waals surface area (Å²) in [6.07, 6.45) is 0. The van der Waals surface area contributed by atoms with Crippen molar-refractivity contribution < 1.29 is 9.90 Å². The second-order valence-electron chi connectivity index (χ2n) is 4.07. The van der Waals surface area contributed by atoms with Crippen LogP contribution in [0.3, 0.4) is 0 Å². The Bertz CT molecular complexity index is 729. The zero-order valence-electron chi connectivity index (χ0n) is 9.05. The third-order valence-electron chi connectivity index (χ3n) is 2.95. The summed E-state index contributed by atoms with van der Waals surface area (Å²) in [4.78, 5) is 10.9. The van der Waals surface area contributed by atoms with Crippen molar-refractivity contribution in [2.24, 2.45) is 0 Å². The number of aromatic carboxylic acids is 1. The van der Waals surface area contributed by atoms with E-state index in [1.807, 2.05) is 30.3 Å². The normalized spacial score (nSPS) is 10.8. The minimum absolute atomic E-state index is 0.327. The van der Waals surface area contributed by atoms with Gasteiger partial charge in [0.1, 0.15) is 0 Å². The van der Waals surface area contributed by atoms with Crippen molar-refractivity contribution in [1.82, 2.24) is 0 Å². The summed E-state index contributed by atoms with van der Waals surface area (Å²) in [7, 11) is 0. The molecule has 0 spiro atoms. The molecule has 2 heteroatoms. The van der Waals surface area contributed by atoms with Crippen molar-refractivity contribution >= 4 is 27.5 Å². The number of carboxylic acid groups (broad SMARTS) is 1. The summed E-state index contributed by atoms with van der Waals surface area (Å²) in [5, 5.41) is 13.3. The van der Waals surface area contributed by atoms with Crippen LogP contribution >= 0.6 is 0 Å². The van der Waals surface area contributed by atoms with E-state index in [4.69, 9.17) is 5.11 Å². The maximum atomic E-state index is 10.9. The van der Waals surface area contributed by atoms with Crippen LogP contribution in [-0.4, -0.2) is 11.1 Å². The Labute approximate surface area is 98.1 Å². The highest BCUT2D eigenvalue weighted by atomic mass is 16.4. The van der Waals surface area contributed by atoms with Gasteiger partial charge in [0.2, 0.25) is 0 Å². The zero-order chi connectivity index (χ0) is 11.8. The first-order valence-corrected chi connectivity index (χ1v) is 5.40. The standard InChI is InChI=1S/C15H10O2/c16-15(17)13-6-5-12-7-10-3-1-2-4-11(10)8-14(12)9-13/h1-9H,(H,16,17). The van der Waals surface area contributed by atoms with Crippen LogP contribution in [0.15, 0.2) is 54.6 Å². The second-order valence-corrected chi connectivity index (χ2v) is 4.07. The SMILES string of the molecule is O=C(O)c1ccc2cc3ccccc3cc2c1. The summed E-state index contributed by atoms with van der Waals surface area (Å²) < 4.78 is 0. The molecule has 82 valence electrons. The lowest BCUT2D eigenvalue weighted by molar-refractivity contribution is 0.0697. The Balaban J connectivity index is 2.36. The Morgan fingerprint density at radius 1 is 0.765 bits per heavy atom. The Morgan fingerprint density at radius 2 is 1.35 bits per heavy atom. The van der Waals surface area contributed by atoms with Gasteiger partial charge in [-0.2, -0.15) is 0 Å². The molecule has 0 bridgehead atoms. The average Bonchev–Trinajstić information content (AvgIpc) is 2.35. The Morgan fingerprint density at radius 3 is 2.00 bits per heavy atom. The molecular weight excluding hydrogens is 212 g/mol. The zero-order valence-corrected chi connectivity index (χ0v) is 9.05. The van der Waals surface area contributed by atoms with Gasteiger partial charge < -0.3 is 5.11 Å². The first kappa shape index (κ1) is 9.85. The quantitative estimate of drug-likeness (QED) is 0.637. The van der Waals surface area contributed by atoms with Crippen LogP contribution in [0.4, 0.5) is 0 Å². The fraction of sp³-hybridized carbons (Fsp3) is 0. The number of fused-ring (bicyclic) bond motifs is 2. The molecule has 0 radical (unpaired) electrons. The minimum Gasteiger partial charge on any atom is -0.478 e. The first-order chi connectivity index (χ1) is 8.24. The number of benzene rings is 3. The third kappa shape index (κ3) is 1.64. The van der Waals surface area contributed by atoms with Gasteiger partial charge in [-0.1, -0.05) is 30.3 Å². The van der Waals surface area contributed by atoms with E-state index in [0.717, 1.165) is 16.2 Å². The molecule has 0 aliphatic rings. The van der Waals surface area contributed by atoms with Crippen LogP contribution in [0.2, 0.25) is 0 Å². The van der Waals surface area contributed by atoms with Gasteiger partial charge in [-0.05, 0) is 45.8 Å². The van der Waals surface area contributed by atoms with Crippen molar-refractivity contribution in [2.45, 2.75) is 0 Å². The van der Waals surface area contributed by atoms with Gasteiger partial charge in [0.15, 0.2) is 0 Å². The van der Waals surface area contributed by atoms with Crippen LogP contribution in [0.5, 0.6) is 0 Å². The fourth-order valence-corrected chi connectivity index (χ4v) is 2.07. The number of rotatable bonds is 1. The molecule has 0 heterocycles. The maximum Gasteiger partial charge on any atom is 0.335 e. The van der Waals surface area contributed by atoms with Gasteiger partial charge in [-0.25, -0.2) is 4.79 Å². The highest BCUT2D eigenvalue weighted by Crippen LogP contribution is 2.23. The van der Waals surface area contributed by atoms with E-state index < -0.39 is 5.97 Å². The minimum atomic E-state index is -0.889. The molecule has 0 aliphatic heterocycles. The van der Waals surface area contributed by atoms with E-state index >= 15 is 0 Å². The molecule has 1 N–H and O–H groups in total. The van der Waals surface area contributed by atoms with Gasteiger partial charge in [0.05, 0.1) is 5.56 Å². The van der Waals surface area contributed by atoms with E-state index in [9.17, 15) is 4.79 Å². The van der Waals surface area contributed by atoms with Crippen LogP contribution in [0.1, 0.15) is 10.4 Å². The van der Waals surface area contributed by atoms with E-state index in [1.54, 1.807) is 12.1 Å². The summed E-state index contributed by atoms with van der Waals surface area (Å²) >= 11 is 0. The summed E-state index contributed by atoms with van der Waals surface area (Å²) in [5.41, 5.74) is 0.327. The van der Waals surface area contributed by atoms with Crippen LogP contribution in [0.25, 0.3) is 21.5 Å². The molecule has 0 atom stereocenters. The maximum absolute atomic E-state index is 10.9. The molecule has 0 aliphatic carbocycles. The van der Waals surface area contributed by atoms with Gasteiger partial charge >= 0.3 is 5.97 Å². The third-order valence-corrected chi connectivity index (χ3v) is 2.95. The molecule has 0 saturated heterocycles. The van der Waals surface area contributed by atoms with E-state index in [-0.39, 0.29) is 0 Å². The molecule has 0 unspecified atom stereocenters. The predicted octanol–water partition coefficient (Wildman–Crippen LogP) is 3.69. The average molecular weight is 222 g/mol. The largest absolute Gasteiger partial charge is 0.478 e. The second kappa shape index (κ2) is 3.59. The van der Waals surface area contributed by atoms with Gasteiger partial charge in [-0.3, -0.25) is 0 Å². The molecule has 0 fully saturated rings. The fourth-order valence-electron chi connectivity index (χ4n) is 2.07. The molecule has 0 aromatic heterocycles. The van der Waals surface area contributed by atoms with Crippen molar-refractivity contribution in [3.8, 4) is 0 Å². The van der Waals surface area contributed by atoms with Crippen molar-refractivity contribution in [3.05, 3.63) is 60.2 Å². The highest BCUT2D eigenvalue weighted by Gasteiger charge is 2.04. The number of carboxylic acids is 1. The lowest BCUT2D eigenvalue weighted by Crippen LogP contribution is -1.95. The molecule has 0 saturated carbocycles. The predicted molar refractivity (Wildman–Crippen MR) is 68.4 cm³/mol. The Hall–Kier alpha value is -2.35. The topological polar surface area (TPSA) is 37.3 Å². The van der Waals surface area contributed by atoms with E-state index in [1.165, 1.54) is 5.39 Å². The lowest BCUT2D eigenvalue weighted by Gasteiger charge is -2.03. The van der Waals surface area contributed by atoms with Crippen molar-refractivity contribution in [2.75, 3.05) is 0 Å². The summed E-state index contributed by atoms with van der Waals surface area (Å²) in [5.74, 6) is -0.889. The van der Waals surface area contributed by atoms with Crippen LogP contribution < -0.4 is 0 Å². The molecule has 0 amide bonds. The van der Waals surface area contributed by atoms with Gasteiger partial charge in [-0.15, -0.1) is 0 Å². The molecule has 3 aromatic rings.